The lowest BCUT2D eigenvalue weighted by Crippen LogP contribution is -2.05. The van der Waals surface area contributed by atoms with E-state index in [-0.39, 0.29) is 12.4 Å². The van der Waals surface area contributed by atoms with Gasteiger partial charge in [-0.15, -0.1) is 0 Å². The molecule has 0 aliphatic heterocycles. The number of ether oxygens (including phenoxy) is 2. The van der Waals surface area contributed by atoms with Crippen molar-refractivity contribution in [3.8, 4) is 5.75 Å². The number of hydrogen-bond donors (Lipinski definition) is 0. The zero-order chi connectivity index (χ0) is 12.2. The predicted octanol–water partition coefficient (Wildman–Crippen LogP) is 1.78. The van der Waals surface area contributed by atoms with Crippen LogP contribution in [0, 0.1) is 5.82 Å². The minimum Gasteiger partial charge on any atom is -0.491 e. The Balaban J connectivity index is 2.83. The van der Waals surface area contributed by atoms with Gasteiger partial charge < -0.3 is 9.47 Å². The van der Waals surface area contributed by atoms with Crippen molar-refractivity contribution in [1.29, 1.82) is 0 Å². The molecule has 0 heterocycles. The fourth-order valence-corrected chi connectivity index (χ4v) is 1.91. The van der Waals surface area contributed by atoms with Crippen LogP contribution in [0.5, 0.6) is 5.75 Å². The van der Waals surface area contributed by atoms with Crippen LogP contribution in [-0.2, 0) is 13.8 Å². The molecular formula is C9H10ClFO4S. The van der Waals surface area contributed by atoms with E-state index in [2.05, 4.69) is 0 Å². The van der Waals surface area contributed by atoms with Gasteiger partial charge >= 0.3 is 0 Å². The lowest BCUT2D eigenvalue weighted by atomic mass is 10.3. The van der Waals surface area contributed by atoms with Gasteiger partial charge in [0, 0.05) is 23.9 Å². The van der Waals surface area contributed by atoms with Gasteiger partial charge in [-0.25, -0.2) is 12.8 Å². The lowest BCUT2D eigenvalue weighted by Gasteiger charge is -2.06. The van der Waals surface area contributed by atoms with Gasteiger partial charge in [-0.05, 0) is 12.1 Å². The maximum absolute atomic E-state index is 13.3. The van der Waals surface area contributed by atoms with E-state index in [4.69, 9.17) is 20.2 Å². The molecule has 0 saturated heterocycles. The van der Waals surface area contributed by atoms with E-state index < -0.39 is 19.8 Å². The smallest absolute Gasteiger partial charge is 0.264 e. The van der Waals surface area contributed by atoms with E-state index in [1.807, 2.05) is 0 Å². The Kier molecular flexibility index (Phi) is 4.52. The first-order valence-electron chi connectivity index (χ1n) is 4.31. The van der Waals surface area contributed by atoms with Crippen molar-refractivity contribution >= 4 is 19.7 Å². The summed E-state index contributed by atoms with van der Waals surface area (Å²) in [5.41, 5.74) is 0. The Morgan fingerprint density at radius 1 is 1.38 bits per heavy atom. The van der Waals surface area contributed by atoms with Crippen LogP contribution >= 0.6 is 10.7 Å². The lowest BCUT2D eigenvalue weighted by molar-refractivity contribution is 0.146. The van der Waals surface area contributed by atoms with Crippen molar-refractivity contribution in [1.82, 2.24) is 0 Å². The van der Waals surface area contributed by atoms with Gasteiger partial charge in [-0.1, -0.05) is 0 Å². The summed E-state index contributed by atoms with van der Waals surface area (Å²) in [5.74, 6) is -0.719. The molecule has 0 spiro atoms. The Labute approximate surface area is 97.4 Å². The molecule has 0 unspecified atom stereocenters. The molecule has 1 aromatic rings. The van der Waals surface area contributed by atoms with Gasteiger partial charge in [0.2, 0.25) is 0 Å². The van der Waals surface area contributed by atoms with Crippen LogP contribution in [0.3, 0.4) is 0 Å². The summed E-state index contributed by atoms with van der Waals surface area (Å²) >= 11 is 0. The average molecular weight is 269 g/mol. The van der Waals surface area contributed by atoms with Crippen LogP contribution in [0.1, 0.15) is 0 Å². The first kappa shape index (κ1) is 13.2. The molecule has 0 saturated carbocycles. The van der Waals surface area contributed by atoms with E-state index in [0.717, 1.165) is 12.1 Å². The monoisotopic (exact) mass is 268 g/mol. The topological polar surface area (TPSA) is 52.6 Å². The third-order valence-corrected chi connectivity index (χ3v) is 3.08. The van der Waals surface area contributed by atoms with Crippen LogP contribution in [0.4, 0.5) is 4.39 Å². The molecule has 1 rings (SSSR count). The first-order chi connectivity index (χ1) is 7.45. The summed E-state index contributed by atoms with van der Waals surface area (Å²) in [4.78, 5) is -0.562. The fraction of sp³-hybridized carbons (Fsp3) is 0.333. The number of rotatable bonds is 5. The van der Waals surface area contributed by atoms with Crippen molar-refractivity contribution in [2.75, 3.05) is 20.3 Å². The van der Waals surface area contributed by atoms with E-state index in [9.17, 15) is 12.8 Å². The van der Waals surface area contributed by atoms with Crippen LogP contribution in [-0.4, -0.2) is 28.7 Å². The molecule has 0 bridgehead atoms. The Morgan fingerprint density at radius 2 is 2.06 bits per heavy atom. The second-order valence-electron chi connectivity index (χ2n) is 2.87. The summed E-state index contributed by atoms with van der Waals surface area (Å²) in [6, 6.07) is 3.35. The van der Waals surface area contributed by atoms with Crippen LogP contribution in [0.2, 0.25) is 0 Å². The van der Waals surface area contributed by atoms with Crippen molar-refractivity contribution in [3.63, 3.8) is 0 Å². The Hall–Kier alpha value is -0.850. The minimum absolute atomic E-state index is 0.221. The standard InChI is InChI=1S/C9H10ClFO4S/c1-14-4-5-15-7-2-3-9(8(11)6-7)16(10,12)13/h2-3,6H,4-5H2,1H3. The molecule has 90 valence electrons. The summed E-state index contributed by atoms with van der Waals surface area (Å²) in [6.07, 6.45) is 0. The second-order valence-corrected chi connectivity index (χ2v) is 5.41. The fourth-order valence-electron chi connectivity index (χ4n) is 1.01. The van der Waals surface area contributed by atoms with Gasteiger partial charge in [0.25, 0.3) is 9.05 Å². The third kappa shape index (κ3) is 3.62. The molecule has 0 N–H and O–H groups in total. The normalized spacial score (nSPS) is 11.4. The number of methoxy groups -OCH3 is 1. The summed E-state index contributed by atoms with van der Waals surface area (Å²) in [5, 5.41) is 0. The predicted molar refractivity (Wildman–Crippen MR) is 56.8 cm³/mol. The Morgan fingerprint density at radius 3 is 2.56 bits per heavy atom. The van der Waals surface area contributed by atoms with Gasteiger partial charge in [-0.2, -0.15) is 0 Å². The zero-order valence-corrected chi connectivity index (χ0v) is 10.0. The molecule has 0 aromatic heterocycles. The van der Waals surface area contributed by atoms with Crippen molar-refractivity contribution in [3.05, 3.63) is 24.0 Å². The molecule has 0 radical (unpaired) electrons. The van der Waals surface area contributed by atoms with Crippen LogP contribution in [0.15, 0.2) is 23.1 Å². The van der Waals surface area contributed by atoms with Crippen LogP contribution < -0.4 is 4.74 Å². The van der Waals surface area contributed by atoms with Crippen molar-refractivity contribution in [2.24, 2.45) is 0 Å². The highest BCUT2D eigenvalue weighted by atomic mass is 35.7. The van der Waals surface area contributed by atoms with Gasteiger partial charge in [-0.3, -0.25) is 0 Å². The number of hydrogen-bond acceptors (Lipinski definition) is 4. The summed E-state index contributed by atoms with van der Waals surface area (Å²) < 4.78 is 44.9. The molecule has 0 fully saturated rings. The zero-order valence-electron chi connectivity index (χ0n) is 8.44. The van der Waals surface area contributed by atoms with Gasteiger partial charge in [0.15, 0.2) is 0 Å². The van der Waals surface area contributed by atoms with Gasteiger partial charge in [0.05, 0.1) is 6.61 Å². The van der Waals surface area contributed by atoms with E-state index in [1.54, 1.807) is 0 Å². The summed E-state index contributed by atoms with van der Waals surface area (Å²) in [7, 11) is 2.46. The summed E-state index contributed by atoms with van der Waals surface area (Å²) in [6.45, 7) is 0.611. The quantitative estimate of drug-likeness (QED) is 0.603. The highest BCUT2D eigenvalue weighted by molar-refractivity contribution is 8.13. The van der Waals surface area contributed by atoms with Crippen LogP contribution in [0.25, 0.3) is 0 Å². The maximum Gasteiger partial charge on any atom is 0.264 e. The largest absolute Gasteiger partial charge is 0.491 e. The highest BCUT2D eigenvalue weighted by Gasteiger charge is 2.16. The van der Waals surface area contributed by atoms with E-state index >= 15 is 0 Å². The molecule has 0 aliphatic carbocycles. The highest BCUT2D eigenvalue weighted by Crippen LogP contribution is 2.23. The molecule has 1 aromatic carbocycles. The average Bonchev–Trinajstić information content (AvgIpc) is 2.16. The maximum atomic E-state index is 13.3. The molecule has 0 amide bonds. The third-order valence-electron chi connectivity index (χ3n) is 1.72. The van der Waals surface area contributed by atoms with E-state index in [0.29, 0.717) is 6.61 Å². The molecular weight excluding hydrogens is 259 g/mol. The molecule has 0 aliphatic rings. The first-order valence-corrected chi connectivity index (χ1v) is 6.62. The van der Waals surface area contributed by atoms with Gasteiger partial charge in [0.1, 0.15) is 23.1 Å². The minimum atomic E-state index is -4.06. The molecule has 16 heavy (non-hydrogen) atoms. The second kappa shape index (κ2) is 5.47. The van der Waals surface area contributed by atoms with Crippen molar-refractivity contribution in [2.45, 2.75) is 4.90 Å². The molecule has 4 nitrogen and oxygen atoms in total. The SMILES string of the molecule is COCCOc1ccc(S(=O)(=O)Cl)c(F)c1. The number of halogens is 2. The Bertz CT molecular complexity index is 461. The van der Waals surface area contributed by atoms with E-state index in [1.165, 1.54) is 13.2 Å². The molecule has 7 heteroatoms. The van der Waals surface area contributed by atoms with Crippen molar-refractivity contribution < 1.29 is 22.3 Å². The molecule has 0 atom stereocenters. The number of benzene rings is 1.